The average molecular weight is 243 g/mol. The van der Waals surface area contributed by atoms with Crippen LogP contribution in [0.2, 0.25) is 0 Å². The van der Waals surface area contributed by atoms with Gasteiger partial charge in [0.05, 0.1) is 7.11 Å². The molecule has 2 aromatic rings. The van der Waals surface area contributed by atoms with Crippen LogP contribution in [0.3, 0.4) is 0 Å². The first-order valence-corrected chi connectivity index (χ1v) is 5.88. The summed E-state index contributed by atoms with van der Waals surface area (Å²) in [5, 5.41) is 9.60. The van der Waals surface area contributed by atoms with Crippen molar-refractivity contribution in [3.63, 3.8) is 0 Å². The number of rotatable bonds is 4. The summed E-state index contributed by atoms with van der Waals surface area (Å²) in [5.41, 5.74) is 8.06. The van der Waals surface area contributed by atoms with Crippen molar-refractivity contribution in [2.24, 2.45) is 5.73 Å². The summed E-state index contributed by atoms with van der Waals surface area (Å²) in [6.07, 6.45) is 0. The van der Waals surface area contributed by atoms with Gasteiger partial charge in [-0.2, -0.15) is 0 Å². The Morgan fingerprint density at radius 2 is 1.83 bits per heavy atom. The molecule has 1 atom stereocenters. The Morgan fingerprint density at radius 3 is 2.44 bits per heavy atom. The number of nitrogens with two attached hydrogens (primary N) is 1. The summed E-state index contributed by atoms with van der Waals surface area (Å²) in [5.74, 6) is 0.729. The first-order valence-electron chi connectivity index (χ1n) is 5.88. The quantitative estimate of drug-likeness (QED) is 0.867. The van der Waals surface area contributed by atoms with Crippen molar-refractivity contribution in [2.75, 3.05) is 13.7 Å². The van der Waals surface area contributed by atoms with Crippen molar-refractivity contribution in [1.29, 1.82) is 0 Å². The maximum atomic E-state index is 9.60. The third-order valence-electron chi connectivity index (χ3n) is 3.04. The molecule has 2 rings (SSSR count). The van der Waals surface area contributed by atoms with Crippen LogP contribution in [0.1, 0.15) is 17.0 Å². The Balaban J connectivity index is 2.39. The molecule has 3 N–H and O–H groups in total. The molecule has 0 amide bonds. The highest BCUT2D eigenvalue weighted by atomic mass is 16.5. The molecule has 3 nitrogen and oxygen atoms in total. The smallest absolute Gasteiger partial charge is 0.160 e. The summed E-state index contributed by atoms with van der Waals surface area (Å²) in [4.78, 5) is 0. The molecule has 0 aliphatic carbocycles. The molecule has 0 saturated heterocycles. The van der Waals surface area contributed by atoms with Crippen LogP contribution in [-0.2, 0) is 0 Å². The lowest BCUT2D eigenvalue weighted by atomic mass is 9.91. The van der Waals surface area contributed by atoms with E-state index in [9.17, 15) is 5.11 Å². The Bertz CT molecular complexity index is 511. The SMILES string of the molecule is COc1cc(C(CN)c2ccccc2)ccc1O. The van der Waals surface area contributed by atoms with Gasteiger partial charge in [-0.1, -0.05) is 36.4 Å². The summed E-state index contributed by atoms with van der Waals surface area (Å²) in [6.45, 7) is 0.512. The number of methoxy groups -OCH3 is 1. The van der Waals surface area contributed by atoms with E-state index in [1.807, 2.05) is 30.3 Å². The standard InChI is InChI=1S/C15H17NO2/c1-18-15-9-12(7-8-14(15)17)13(10-16)11-5-3-2-4-6-11/h2-9,13,17H,10,16H2,1H3. The van der Waals surface area contributed by atoms with E-state index in [2.05, 4.69) is 12.1 Å². The van der Waals surface area contributed by atoms with Crippen LogP contribution in [-0.4, -0.2) is 18.8 Å². The Labute approximate surface area is 107 Å². The highest BCUT2D eigenvalue weighted by Crippen LogP contribution is 2.32. The van der Waals surface area contributed by atoms with Crippen molar-refractivity contribution in [2.45, 2.75) is 5.92 Å². The zero-order chi connectivity index (χ0) is 13.0. The fourth-order valence-corrected chi connectivity index (χ4v) is 2.06. The van der Waals surface area contributed by atoms with E-state index >= 15 is 0 Å². The minimum atomic E-state index is 0.112. The number of phenols is 1. The molecule has 0 heterocycles. The van der Waals surface area contributed by atoms with Gasteiger partial charge in [-0.05, 0) is 23.3 Å². The van der Waals surface area contributed by atoms with Gasteiger partial charge in [0.1, 0.15) is 0 Å². The summed E-state index contributed by atoms with van der Waals surface area (Å²) < 4.78 is 5.13. The van der Waals surface area contributed by atoms with Gasteiger partial charge in [0.2, 0.25) is 0 Å². The topological polar surface area (TPSA) is 55.5 Å². The van der Waals surface area contributed by atoms with Gasteiger partial charge in [-0.25, -0.2) is 0 Å². The molecule has 3 heteroatoms. The van der Waals surface area contributed by atoms with Crippen molar-refractivity contribution in [1.82, 2.24) is 0 Å². The molecule has 0 saturated carbocycles. The maximum Gasteiger partial charge on any atom is 0.160 e. The van der Waals surface area contributed by atoms with Gasteiger partial charge in [0.15, 0.2) is 11.5 Å². The van der Waals surface area contributed by atoms with Crippen LogP contribution in [0.4, 0.5) is 0 Å². The zero-order valence-corrected chi connectivity index (χ0v) is 10.3. The van der Waals surface area contributed by atoms with E-state index in [0.717, 1.165) is 11.1 Å². The molecular weight excluding hydrogens is 226 g/mol. The van der Waals surface area contributed by atoms with E-state index in [-0.39, 0.29) is 11.7 Å². The number of ether oxygens (including phenoxy) is 1. The van der Waals surface area contributed by atoms with Crippen molar-refractivity contribution >= 4 is 0 Å². The van der Waals surface area contributed by atoms with E-state index in [1.54, 1.807) is 13.2 Å². The van der Waals surface area contributed by atoms with Gasteiger partial charge in [-0.3, -0.25) is 0 Å². The van der Waals surface area contributed by atoms with Gasteiger partial charge >= 0.3 is 0 Å². The number of phenolic OH excluding ortho intramolecular Hbond substituents is 1. The third-order valence-corrected chi connectivity index (χ3v) is 3.04. The van der Waals surface area contributed by atoms with Crippen molar-refractivity contribution < 1.29 is 9.84 Å². The van der Waals surface area contributed by atoms with E-state index in [0.29, 0.717) is 12.3 Å². The second-order valence-corrected chi connectivity index (χ2v) is 4.13. The Hall–Kier alpha value is -2.00. The molecule has 0 aromatic heterocycles. The summed E-state index contributed by atoms with van der Waals surface area (Å²) in [7, 11) is 1.54. The monoisotopic (exact) mass is 243 g/mol. The molecule has 0 aliphatic heterocycles. The number of hydrogen-bond donors (Lipinski definition) is 2. The summed E-state index contributed by atoms with van der Waals surface area (Å²) in [6, 6.07) is 15.4. The lowest BCUT2D eigenvalue weighted by molar-refractivity contribution is 0.372. The van der Waals surface area contributed by atoms with Crippen molar-refractivity contribution in [3.8, 4) is 11.5 Å². The lowest BCUT2D eigenvalue weighted by Gasteiger charge is -2.17. The predicted octanol–water partition coefficient (Wildman–Crippen LogP) is 2.49. The van der Waals surface area contributed by atoms with E-state index < -0.39 is 0 Å². The fraction of sp³-hybridized carbons (Fsp3) is 0.200. The van der Waals surface area contributed by atoms with Crippen LogP contribution >= 0.6 is 0 Å². The van der Waals surface area contributed by atoms with Crippen LogP contribution in [0.15, 0.2) is 48.5 Å². The van der Waals surface area contributed by atoms with Crippen LogP contribution < -0.4 is 10.5 Å². The molecule has 18 heavy (non-hydrogen) atoms. The molecule has 0 spiro atoms. The van der Waals surface area contributed by atoms with Crippen LogP contribution in [0.5, 0.6) is 11.5 Å². The highest BCUT2D eigenvalue weighted by Gasteiger charge is 2.14. The van der Waals surface area contributed by atoms with Gasteiger partial charge in [0.25, 0.3) is 0 Å². The highest BCUT2D eigenvalue weighted by molar-refractivity contribution is 5.45. The lowest BCUT2D eigenvalue weighted by Crippen LogP contribution is -2.13. The van der Waals surface area contributed by atoms with Crippen molar-refractivity contribution in [3.05, 3.63) is 59.7 Å². The molecule has 0 bridgehead atoms. The number of aromatic hydroxyl groups is 1. The first-order chi connectivity index (χ1) is 8.76. The molecule has 1 unspecified atom stereocenters. The fourth-order valence-electron chi connectivity index (χ4n) is 2.06. The van der Waals surface area contributed by atoms with Crippen LogP contribution in [0.25, 0.3) is 0 Å². The normalized spacial score (nSPS) is 12.1. The van der Waals surface area contributed by atoms with Gasteiger partial charge < -0.3 is 15.6 Å². The van der Waals surface area contributed by atoms with Gasteiger partial charge in [-0.15, -0.1) is 0 Å². The predicted molar refractivity (Wildman–Crippen MR) is 72.0 cm³/mol. The zero-order valence-electron chi connectivity index (χ0n) is 10.3. The molecular formula is C15H17NO2. The first kappa shape index (κ1) is 12.5. The number of benzene rings is 2. The second-order valence-electron chi connectivity index (χ2n) is 4.13. The minimum absolute atomic E-state index is 0.112. The van der Waals surface area contributed by atoms with E-state index in [4.69, 9.17) is 10.5 Å². The van der Waals surface area contributed by atoms with Crippen LogP contribution in [0, 0.1) is 0 Å². The summed E-state index contributed by atoms with van der Waals surface area (Å²) >= 11 is 0. The molecule has 94 valence electrons. The largest absolute Gasteiger partial charge is 0.504 e. The molecule has 0 radical (unpaired) electrons. The maximum absolute atomic E-state index is 9.60. The molecule has 0 fully saturated rings. The third kappa shape index (κ3) is 2.46. The Kier molecular flexibility index (Phi) is 3.85. The number of hydrogen-bond acceptors (Lipinski definition) is 3. The molecule has 0 aliphatic rings. The molecule has 2 aromatic carbocycles. The van der Waals surface area contributed by atoms with E-state index in [1.165, 1.54) is 0 Å². The minimum Gasteiger partial charge on any atom is -0.504 e. The Morgan fingerprint density at radius 1 is 1.11 bits per heavy atom. The average Bonchev–Trinajstić information content (AvgIpc) is 2.42. The second kappa shape index (κ2) is 5.56. The van der Waals surface area contributed by atoms with Gasteiger partial charge in [0, 0.05) is 12.5 Å².